The van der Waals surface area contributed by atoms with Crippen LogP contribution < -0.4 is 14.8 Å². The van der Waals surface area contributed by atoms with Gasteiger partial charge in [0.25, 0.3) is 0 Å². The summed E-state index contributed by atoms with van der Waals surface area (Å²) >= 11 is 0. The Balaban J connectivity index is 1.98. The Labute approximate surface area is 100 Å². The summed E-state index contributed by atoms with van der Waals surface area (Å²) in [5.74, 6) is 1.45. The minimum atomic E-state index is 0.246. The van der Waals surface area contributed by atoms with E-state index in [1.165, 1.54) is 0 Å². The first-order valence-electron chi connectivity index (χ1n) is 5.64. The summed E-state index contributed by atoms with van der Waals surface area (Å²) in [6.45, 7) is 1.55. The highest BCUT2D eigenvalue weighted by atomic mass is 16.5. The average Bonchev–Trinajstić information content (AvgIpc) is 2.89. The minimum absolute atomic E-state index is 0.246. The van der Waals surface area contributed by atoms with Crippen LogP contribution in [0.2, 0.25) is 0 Å². The van der Waals surface area contributed by atoms with Gasteiger partial charge in [0, 0.05) is 13.2 Å². The van der Waals surface area contributed by atoms with Gasteiger partial charge in [0.15, 0.2) is 0 Å². The minimum Gasteiger partial charge on any atom is -0.481 e. The third kappa shape index (κ3) is 3.20. The predicted octanol–water partition coefficient (Wildman–Crippen LogP) is 1.08. The van der Waals surface area contributed by atoms with Crippen molar-refractivity contribution in [2.24, 2.45) is 0 Å². The highest BCUT2D eigenvalue weighted by Gasteiger charge is 2.15. The Morgan fingerprint density at radius 1 is 1.35 bits per heavy atom. The molecule has 1 atom stereocenters. The molecule has 0 spiro atoms. The molecule has 1 aliphatic heterocycles. The van der Waals surface area contributed by atoms with E-state index in [0.717, 1.165) is 19.4 Å². The standard InChI is InChI=1S/C11H17N3O3/c1-15-9-6-10(16-2)14-11(13-9)12-7-8-4-3-5-17-8/h6,8H,3-5,7H2,1-2H3,(H,12,13,14). The summed E-state index contributed by atoms with van der Waals surface area (Å²) in [6.07, 6.45) is 2.44. The van der Waals surface area contributed by atoms with E-state index in [9.17, 15) is 0 Å². The van der Waals surface area contributed by atoms with Gasteiger partial charge < -0.3 is 19.5 Å². The molecular formula is C11H17N3O3. The van der Waals surface area contributed by atoms with Crippen LogP contribution in [0.3, 0.4) is 0 Å². The number of nitrogens with zero attached hydrogens (tertiary/aromatic N) is 2. The van der Waals surface area contributed by atoms with E-state index in [-0.39, 0.29) is 6.10 Å². The fourth-order valence-corrected chi connectivity index (χ4v) is 1.70. The second kappa shape index (κ2) is 5.67. The van der Waals surface area contributed by atoms with Gasteiger partial charge in [-0.05, 0) is 12.8 Å². The van der Waals surface area contributed by atoms with E-state index < -0.39 is 0 Å². The van der Waals surface area contributed by atoms with Crippen molar-refractivity contribution >= 4 is 5.95 Å². The molecule has 1 N–H and O–H groups in total. The lowest BCUT2D eigenvalue weighted by atomic mass is 10.2. The van der Waals surface area contributed by atoms with Crippen molar-refractivity contribution in [1.82, 2.24) is 9.97 Å². The smallest absolute Gasteiger partial charge is 0.229 e. The number of anilines is 1. The highest BCUT2D eigenvalue weighted by molar-refractivity contribution is 5.33. The van der Waals surface area contributed by atoms with Crippen LogP contribution in [0.1, 0.15) is 12.8 Å². The normalized spacial score (nSPS) is 19.1. The molecule has 0 amide bonds. The first kappa shape index (κ1) is 11.9. The molecule has 0 aliphatic carbocycles. The van der Waals surface area contributed by atoms with Crippen molar-refractivity contribution in [1.29, 1.82) is 0 Å². The van der Waals surface area contributed by atoms with Gasteiger partial charge in [0.2, 0.25) is 17.7 Å². The molecule has 6 heteroatoms. The van der Waals surface area contributed by atoms with Crippen molar-refractivity contribution < 1.29 is 14.2 Å². The fraction of sp³-hybridized carbons (Fsp3) is 0.636. The molecule has 1 aliphatic rings. The maximum atomic E-state index is 5.51. The lowest BCUT2D eigenvalue weighted by molar-refractivity contribution is 0.120. The van der Waals surface area contributed by atoms with E-state index in [2.05, 4.69) is 15.3 Å². The maximum absolute atomic E-state index is 5.51. The average molecular weight is 239 g/mol. The summed E-state index contributed by atoms with van der Waals surface area (Å²) in [7, 11) is 3.12. The molecule has 1 fully saturated rings. The van der Waals surface area contributed by atoms with E-state index in [0.29, 0.717) is 24.3 Å². The predicted molar refractivity (Wildman–Crippen MR) is 62.6 cm³/mol. The van der Waals surface area contributed by atoms with Gasteiger partial charge in [-0.15, -0.1) is 0 Å². The Morgan fingerprint density at radius 2 is 2.06 bits per heavy atom. The topological polar surface area (TPSA) is 65.5 Å². The van der Waals surface area contributed by atoms with E-state index >= 15 is 0 Å². The van der Waals surface area contributed by atoms with Crippen molar-refractivity contribution in [3.8, 4) is 11.8 Å². The SMILES string of the molecule is COc1cc(OC)nc(NCC2CCCO2)n1. The van der Waals surface area contributed by atoms with Gasteiger partial charge in [-0.3, -0.25) is 0 Å². The number of hydrogen-bond acceptors (Lipinski definition) is 6. The van der Waals surface area contributed by atoms with Gasteiger partial charge in [0.05, 0.1) is 26.4 Å². The van der Waals surface area contributed by atoms with Crippen molar-refractivity contribution in [3.05, 3.63) is 6.07 Å². The molecular weight excluding hydrogens is 222 g/mol. The first-order valence-corrected chi connectivity index (χ1v) is 5.64. The molecule has 1 aromatic heterocycles. The Kier molecular flexibility index (Phi) is 3.98. The van der Waals surface area contributed by atoms with Crippen LogP contribution >= 0.6 is 0 Å². The van der Waals surface area contributed by atoms with Gasteiger partial charge in [-0.2, -0.15) is 9.97 Å². The number of nitrogens with one attached hydrogen (secondary N) is 1. The van der Waals surface area contributed by atoms with Crippen LogP contribution in [-0.4, -0.2) is 43.4 Å². The van der Waals surface area contributed by atoms with Gasteiger partial charge >= 0.3 is 0 Å². The molecule has 2 heterocycles. The summed E-state index contributed by atoms with van der Waals surface area (Å²) < 4.78 is 15.6. The summed E-state index contributed by atoms with van der Waals surface area (Å²) in [6, 6.07) is 1.64. The molecule has 6 nitrogen and oxygen atoms in total. The molecule has 1 aromatic rings. The zero-order valence-electron chi connectivity index (χ0n) is 10.1. The zero-order chi connectivity index (χ0) is 12.1. The summed E-state index contributed by atoms with van der Waals surface area (Å²) in [5, 5.41) is 3.13. The Bertz CT molecular complexity index is 345. The Morgan fingerprint density at radius 3 is 2.59 bits per heavy atom. The highest BCUT2D eigenvalue weighted by Crippen LogP contribution is 2.18. The first-order chi connectivity index (χ1) is 8.31. The van der Waals surface area contributed by atoms with E-state index in [1.807, 2.05) is 0 Å². The third-order valence-corrected chi connectivity index (χ3v) is 2.61. The second-order valence-electron chi connectivity index (χ2n) is 3.79. The number of aromatic nitrogens is 2. The number of rotatable bonds is 5. The molecule has 1 unspecified atom stereocenters. The third-order valence-electron chi connectivity index (χ3n) is 2.61. The van der Waals surface area contributed by atoms with Crippen LogP contribution in [0.4, 0.5) is 5.95 Å². The van der Waals surface area contributed by atoms with E-state index in [1.54, 1.807) is 20.3 Å². The second-order valence-corrected chi connectivity index (χ2v) is 3.79. The van der Waals surface area contributed by atoms with Crippen molar-refractivity contribution in [2.75, 3.05) is 32.7 Å². The van der Waals surface area contributed by atoms with Gasteiger partial charge in [-0.1, -0.05) is 0 Å². The van der Waals surface area contributed by atoms with Gasteiger partial charge in [0.1, 0.15) is 0 Å². The van der Waals surface area contributed by atoms with Gasteiger partial charge in [-0.25, -0.2) is 0 Å². The summed E-state index contributed by atoms with van der Waals surface area (Å²) in [5.41, 5.74) is 0. The van der Waals surface area contributed by atoms with Crippen LogP contribution in [0, 0.1) is 0 Å². The van der Waals surface area contributed by atoms with Crippen molar-refractivity contribution in [3.63, 3.8) is 0 Å². The fourth-order valence-electron chi connectivity index (χ4n) is 1.70. The molecule has 0 bridgehead atoms. The monoisotopic (exact) mass is 239 g/mol. The Hall–Kier alpha value is -1.56. The molecule has 94 valence electrons. The molecule has 0 aromatic carbocycles. The van der Waals surface area contributed by atoms with Crippen molar-refractivity contribution in [2.45, 2.75) is 18.9 Å². The number of hydrogen-bond donors (Lipinski definition) is 1. The molecule has 0 saturated carbocycles. The number of methoxy groups -OCH3 is 2. The van der Waals surface area contributed by atoms with Crippen LogP contribution in [-0.2, 0) is 4.74 Å². The molecule has 0 radical (unpaired) electrons. The lowest BCUT2D eigenvalue weighted by Gasteiger charge is -2.11. The quantitative estimate of drug-likeness (QED) is 0.829. The molecule has 17 heavy (non-hydrogen) atoms. The molecule has 2 rings (SSSR count). The summed E-state index contributed by atoms with van der Waals surface area (Å²) in [4.78, 5) is 8.36. The number of ether oxygens (including phenoxy) is 3. The van der Waals surface area contributed by atoms with E-state index in [4.69, 9.17) is 14.2 Å². The lowest BCUT2D eigenvalue weighted by Crippen LogP contribution is -2.19. The zero-order valence-corrected chi connectivity index (χ0v) is 10.1. The molecule has 1 saturated heterocycles. The maximum Gasteiger partial charge on any atom is 0.229 e. The van der Waals surface area contributed by atoms with Crippen LogP contribution in [0.15, 0.2) is 6.07 Å². The largest absolute Gasteiger partial charge is 0.481 e. The van der Waals surface area contributed by atoms with Crippen LogP contribution in [0.25, 0.3) is 0 Å². The van der Waals surface area contributed by atoms with Crippen LogP contribution in [0.5, 0.6) is 11.8 Å².